The Labute approximate surface area is 112 Å². The second-order valence-electron chi connectivity index (χ2n) is 6.69. The molecule has 0 saturated heterocycles. The molecule has 0 aliphatic heterocycles. The summed E-state index contributed by atoms with van der Waals surface area (Å²) in [6.07, 6.45) is 0.566. The Bertz CT molecular complexity index is 272. The number of hydrogen-bond donors (Lipinski definition) is 0. The standard InChI is InChI=1S/C12H26O4Si2/c1-10(8-11(13)15-17(2,3)4)9-12(14)16-18(5,6)7/h10H,8-9H2,1-7H3. The molecular weight excluding hydrogens is 264 g/mol. The molecule has 0 N–H and O–H groups in total. The van der Waals surface area contributed by atoms with Crippen LogP contribution in [0.5, 0.6) is 0 Å². The summed E-state index contributed by atoms with van der Waals surface area (Å²) in [7, 11) is -3.65. The first kappa shape index (κ1) is 17.4. The minimum atomic E-state index is -1.82. The summed E-state index contributed by atoms with van der Waals surface area (Å²) >= 11 is 0. The largest absolute Gasteiger partial charge is 0.520 e. The average Bonchev–Trinajstić information content (AvgIpc) is 1.92. The van der Waals surface area contributed by atoms with Gasteiger partial charge in [-0.25, -0.2) is 0 Å². The Morgan fingerprint density at radius 2 is 1.11 bits per heavy atom. The van der Waals surface area contributed by atoms with Gasteiger partial charge in [-0.1, -0.05) is 6.92 Å². The van der Waals surface area contributed by atoms with Crippen LogP contribution in [0.3, 0.4) is 0 Å². The monoisotopic (exact) mass is 290 g/mol. The SMILES string of the molecule is CC(CC(=O)O[Si](C)(C)C)CC(=O)O[Si](C)(C)C. The van der Waals surface area contributed by atoms with E-state index < -0.39 is 16.6 Å². The highest BCUT2D eigenvalue weighted by atomic mass is 28.4. The lowest BCUT2D eigenvalue weighted by Gasteiger charge is -2.21. The third kappa shape index (κ3) is 10.5. The Kier molecular flexibility index (Phi) is 6.29. The fraction of sp³-hybridized carbons (Fsp3) is 0.833. The fourth-order valence-corrected chi connectivity index (χ4v) is 2.94. The molecule has 0 aromatic rings. The lowest BCUT2D eigenvalue weighted by molar-refractivity contribution is -0.138. The van der Waals surface area contributed by atoms with Gasteiger partial charge < -0.3 is 8.85 Å². The van der Waals surface area contributed by atoms with Crippen molar-refractivity contribution in [3.8, 4) is 0 Å². The summed E-state index contributed by atoms with van der Waals surface area (Å²) in [5.74, 6) is -0.442. The fourth-order valence-electron chi connectivity index (χ4n) is 1.41. The van der Waals surface area contributed by atoms with E-state index in [-0.39, 0.29) is 30.7 Å². The molecule has 18 heavy (non-hydrogen) atoms. The zero-order chi connectivity index (χ0) is 14.6. The summed E-state index contributed by atoms with van der Waals surface area (Å²) in [4.78, 5) is 23.2. The van der Waals surface area contributed by atoms with E-state index in [1.54, 1.807) is 0 Å². The Morgan fingerprint density at radius 1 is 0.833 bits per heavy atom. The van der Waals surface area contributed by atoms with Gasteiger partial charge in [-0.2, -0.15) is 0 Å². The molecule has 0 aromatic carbocycles. The van der Waals surface area contributed by atoms with Crippen molar-refractivity contribution in [1.82, 2.24) is 0 Å². The van der Waals surface area contributed by atoms with Crippen LogP contribution in [0.25, 0.3) is 0 Å². The topological polar surface area (TPSA) is 52.6 Å². The van der Waals surface area contributed by atoms with Crippen LogP contribution in [-0.4, -0.2) is 28.6 Å². The van der Waals surface area contributed by atoms with Crippen LogP contribution in [0, 0.1) is 5.92 Å². The molecule has 0 spiro atoms. The zero-order valence-corrected chi connectivity index (χ0v) is 14.6. The molecule has 0 fully saturated rings. The van der Waals surface area contributed by atoms with E-state index in [0.717, 1.165) is 0 Å². The van der Waals surface area contributed by atoms with E-state index in [9.17, 15) is 9.59 Å². The first-order valence-corrected chi connectivity index (χ1v) is 13.1. The normalized spacial score (nSPS) is 12.4. The van der Waals surface area contributed by atoms with Crippen LogP contribution < -0.4 is 0 Å². The molecule has 0 amide bonds. The number of rotatable bonds is 6. The number of carbonyl (C=O) groups excluding carboxylic acids is 2. The Hall–Kier alpha value is -0.626. The van der Waals surface area contributed by atoms with Gasteiger partial charge >= 0.3 is 0 Å². The van der Waals surface area contributed by atoms with E-state index in [1.165, 1.54) is 0 Å². The van der Waals surface area contributed by atoms with Gasteiger partial charge in [0, 0.05) is 12.8 Å². The lowest BCUT2D eigenvalue weighted by atomic mass is 10.0. The van der Waals surface area contributed by atoms with Crippen molar-refractivity contribution in [3.63, 3.8) is 0 Å². The predicted molar refractivity (Wildman–Crippen MR) is 77.3 cm³/mol. The Balaban J connectivity index is 4.08. The molecule has 106 valence electrons. The van der Waals surface area contributed by atoms with E-state index >= 15 is 0 Å². The van der Waals surface area contributed by atoms with Crippen LogP contribution in [-0.2, 0) is 18.4 Å². The van der Waals surface area contributed by atoms with E-state index in [0.29, 0.717) is 0 Å². The van der Waals surface area contributed by atoms with Gasteiger partial charge in [0.25, 0.3) is 11.9 Å². The van der Waals surface area contributed by atoms with Crippen LogP contribution in [0.2, 0.25) is 39.3 Å². The van der Waals surface area contributed by atoms with Crippen molar-refractivity contribution in [2.45, 2.75) is 59.0 Å². The predicted octanol–water partition coefficient (Wildman–Crippen LogP) is 3.16. The maximum Gasteiger partial charge on any atom is 0.292 e. The average molecular weight is 291 g/mol. The molecule has 0 radical (unpaired) electrons. The van der Waals surface area contributed by atoms with Gasteiger partial charge in [0.15, 0.2) is 0 Å². The molecule has 0 aromatic heterocycles. The second kappa shape index (κ2) is 6.51. The molecule has 0 saturated carbocycles. The number of carbonyl (C=O) groups is 2. The van der Waals surface area contributed by atoms with Gasteiger partial charge in [-0.05, 0) is 45.2 Å². The highest BCUT2D eigenvalue weighted by molar-refractivity contribution is 6.71. The maximum absolute atomic E-state index is 11.6. The molecule has 0 unspecified atom stereocenters. The maximum atomic E-state index is 11.6. The van der Waals surface area contributed by atoms with Gasteiger partial charge in [0.1, 0.15) is 0 Å². The molecule has 0 bridgehead atoms. The first-order chi connectivity index (χ1) is 7.89. The lowest BCUT2D eigenvalue weighted by Crippen LogP contribution is -2.31. The van der Waals surface area contributed by atoms with Gasteiger partial charge in [0.05, 0.1) is 0 Å². The van der Waals surface area contributed by atoms with Crippen LogP contribution in [0.1, 0.15) is 19.8 Å². The van der Waals surface area contributed by atoms with Crippen molar-refractivity contribution in [3.05, 3.63) is 0 Å². The summed E-state index contributed by atoms with van der Waals surface area (Å²) in [5, 5.41) is 0. The molecule has 0 aliphatic carbocycles. The van der Waals surface area contributed by atoms with Gasteiger partial charge in [0.2, 0.25) is 16.6 Å². The molecule has 6 heteroatoms. The van der Waals surface area contributed by atoms with Crippen molar-refractivity contribution >= 4 is 28.6 Å². The highest BCUT2D eigenvalue weighted by Crippen LogP contribution is 2.14. The molecule has 0 heterocycles. The van der Waals surface area contributed by atoms with Crippen LogP contribution in [0.15, 0.2) is 0 Å². The summed E-state index contributed by atoms with van der Waals surface area (Å²) < 4.78 is 10.7. The first-order valence-electron chi connectivity index (χ1n) is 6.33. The summed E-state index contributed by atoms with van der Waals surface area (Å²) in [5.41, 5.74) is 0. The van der Waals surface area contributed by atoms with Gasteiger partial charge in [-0.15, -0.1) is 0 Å². The molecule has 4 nitrogen and oxygen atoms in total. The summed E-state index contributed by atoms with van der Waals surface area (Å²) in [6, 6.07) is 0. The van der Waals surface area contributed by atoms with Crippen LogP contribution in [0.4, 0.5) is 0 Å². The van der Waals surface area contributed by atoms with Gasteiger partial charge in [-0.3, -0.25) is 9.59 Å². The molecule has 0 atom stereocenters. The third-order valence-electron chi connectivity index (χ3n) is 1.87. The molecule has 0 aliphatic rings. The number of hydrogen-bond acceptors (Lipinski definition) is 4. The zero-order valence-electron chi connectivity index (χ0n) is 12.6. The van der Waals surface area contributed by atoms with Crippen LogP contribution >= 0.6 is 0 Å². The Morgan fingerprint density at radius 3 is 1.33 bits per heavy atom. The van der Waals surface area contributed by atoms with Crippen molar-refractivity contribution in [2.75, 3.05) is 0 Å². The second-order valence-corrected chi connectivity index (χ2v) is 15.5. The van der Waals surface area contributed by atoms with E-state index in [1.807, 2.05) is 46.2 Å². The van der Waals surface area contributed by atoms with Crippen molar-refractivity contribution in [2.24, 2.45) is 5.92 Å². The minimum Gasteiger partial charge on any atom is -0.520 e. The molecular formula is C12H26O4Si2. The molecule has 0 rings (SSSR count). The van der Waals surface area contributed by atoms with E-state index in [4.69, 9.17) is 8.85 Å². The highest BCUT2D eigenvalue weighted by Gasteiger charge is 2.24. The van der Waals surface area contributed by atoms with E-state index in [2.05, 4.69) is 0 Å². The minimum absolute atomic E-state index is 0.0299. The quantitative estimate of drug-likeness (QED) is 0.705. The summed E-state index contributed by atoms with van der Waals surface area (Å²) in [6.45, 7) is 13.7. The van der Waals surface area contributed by atoms with Crippen molar-refractivity contribution in [1.29, 1.82) is 0 Å². The van der Waals surface area contributed by atoms with Crippen molar-refractivity contribution < 1.29 is 18.4 Å². The third-order valence-corrected chi connectivity index (χ3v) is 3.55. The smallest absolute Gasteiger partial charge is 0.292 e.